The lowest BCUT2D eigenvalue weighted by molar-refractivity contribution is 0.232. The number of carbonyl (C=O) groups excluding carboxylic acids is 1. The Labute approximate surface area is 84.0 Å². The van der Waals surface area contributed by atoms with E-state index in [0.29, 0.717) is 6.54 Å². The van der Waals surface area contributed by atoms with Crippen LogP contribution in [0, 0.1) is 6.92 Å². The second kappa shape index (κ2) is 4.33. The molecule has 1 aromatic rings. The minimum atomic E-state index is -0.205. The van der Waals surface area contributed by atoms with E-state index >= 15 is 0 Å². The summed E-state index contributed by atoms with van der Waals surface area (Å²) >= 11 is 3.74. The highest BCUT2D eigenvalue weighted by Crippen LogP contribution is 2.10. The van der Waals surface area contributed by atoms with E-state index in [4.69, 9.17) is 0 Å². The normalized spacial score (nSPS) is 9.77. The first kappa shape index (κ1) is 10.1. The Balaban J connectivity index is 2.74. The van der Waals surface area contributed by atoms with Gasteiger partial charge in [0.05, 0.1) is 0 Å². The van der Waals surface area contributed by atoms with Crippen molar-refractivity contribution < 1.29 is 4.79 Å². The molecule has 3 heteroatoms. The van der Waals surface area contributed by atoms with Crippen molar-refractivity contribution in [3.63, 3.8) is 0 Å². The molecular formula is C10H13NOS. The zero-order valence-corrected chi connectivity index (χ0v) is 8.71. The smallest absolute Gasteiger partial charge is 0.278 e. The summed E-state index contributed by atoms with van der Waals surface area (Å²) in [5.41, 5.74) is 2.36. The lowest BCUT2D eigenvalue weighted by atomic mass is 10.1. The molecule has 0 aliphatic heterocycles. The number of hydrogen-bond donors (Lipinski definition) is 1. The van der Waals surface area contributed by atoms with Gasteiger partial charge in [0.15, 0.2) is 0 Å². The van der Waals surface area contributed by atoms with Crippen molar-refractivity contribution in [3.8, 4) is 0 Å². The maximum Gasteiger partial charge on any atom is 0.278 e. The van der Waals surface area contributed by atoms with Crippen LogP contribution in [0.15, 0.2) is 24.3 Å². The summed E-state index contributed by atoms with van der Waals surface area (Å²) in [7, 11) is 1.74. The second-order valence-corrected chi connectivity index (χ2v) is 3.45. The molecule has 2 nitrogen and oxygen atoms in total. The van der Waals surface area contributed by atoms with E-state index < -0.39 is 0 Å². The average molecular weight is 195 g/mol. The summed E-state index contributed by atoms with van der Waals surface area (Å²) in [5.74, 6) is 0. The molecule has 0 unspecified atom stereocenters. The van der Waals surface area contributed by atoms with Crippen LogP contribution in [0.4, 0.5) is 4.79 Å². The van der Waals surface area contributed by atoms with Crippen molar-refractivity contribution >= 4 is 17.9 Å². The number of aryl methyl sites for hydroxylation is 1. The maximum absolute atomic E-state index is 10.8. The Morgan fingerprint density at radius 2 is 2.08 bits per heavy atom. The SMILES string of the molecule is Cc1ccccc1CN(C)C(=O)S. The zero-order chi connectivity index (χ0) is 9.84. The molecule has 0 fully saturated rings. The summed E-state index contributed by atoms with van der Waals surface area (Å²) in [6.07, 6.45) is 0. The third kappa shape index (κ3) is 2.77. The Hall–Kier alpha value is -0.960. The van der Waals surface area contributed by atoms with Crippen LogP contribution in [0.5, 0.6) is 0 Å². The summed E-state index contributed by atoms with van der Waals surface area (Å²) in [5, 5.41) is -0.205. The van der Waals surface area contributed by atoms with Crippen molar-refractivity contribution in [2.45, 2.75) is 13.5 Å². The predicted octanol–water partition coefficient (Wildman–Crippen LogP) is 2.48. The van der Waals surface area contributed by atoms with Crippen molar-refractivity contribution in [3.05, 3.63) is 35.4 Å². The summed E-state index contributed by atoms with van der Waals surface area (Å²) in [4.78, 5) is 12.4. The molecule has 0 radical (unpaired) electrons. The van der Waals surface area contributed by atoms with Crippen molar-refractivity contribution in [2.24, 2.45) is 0 Å². The first-order valence-corrected chi connectivity index (χ1v) is 4.54. The molecule has 0 aliphatic rings. The van der Waals surface area contributed by atoms with E-state index in [0.717, 1.165) is 5.56 Å². The van der Waals surface area contributed by atoms with Gasteiger partial charge in [-0.2, -0.15) is 0 Å². The van der Waals surface area contributed by atoms with Gasteiger partial charge in [0, 0.05) is 13.6 Å². The first-order chi connectivity index (χ1) is 6.11. The highest BCUT2D eigenvalue weighted by Gasteiger charge is 2.04. The Kier molecular flexibility index (Phi) is 3.37. The van der Waals surface area contributed by atoms with Crippen molar-refractivity contribution in [1.82, 2.24) is 4.90 Å². The summed E-state index contributed by atoms with van der Waals surface area (Å²) in [6, 6.07) is 8.01. The fraction of sp³-hybridized carbons (Fsp3) is 0.300. The third-order valence-electron chi connectivity index (χ3n) is 2.00. The van der Waals surface area contributed by atoms with Gasteiger partial charge < -0.3 is 4.90 Å². The Bertz CT molecular complexity index is 312. The molecule has 0 saturated heterocycles. The van der Waals surface area contributed by atoms with E-state index in [-0.39, 0.29) is 5.24 Å². The molecule has 1 rings (SSSR count). The predicted molar refractivity (Wildman–Crippen MR) is 57.0 cm³/mol. The van der Waals surface area contributed by atoms with Crippen LogP contribution in [0.2, 0.25) is 0 Å². The molecule has 0 saturated carbocycles. The molecule has 0 bridgehead atoms. The third-order valence-corrected chi connectivity index (χ3v) is 2.34. The zero-order valence-electron chi connectivity index (χ0n) is 7.82. The second-order valence-electron chi connectivity index (χ2n) is 3.07. The summed E-state index contributed by atoms with van der Waals surface area (Å²) in [6.45, 7) is 2.65. The fourth-order valence-corrected chi connectivity index (χ4v) is 1.18. The van der Waals surface area contributed by atoms with Gasteiger partial charge >= 0.3 is 0 Å². The number of hydrogen-bond acceptors (Lipinski definition) is 1. The van der Waals surface area contributed by atoms with E-state index in [2.05, 4.69) is 12.6 Å². The first-order valence-electron chi connectivity index (χ1n) is 4.10. The van der Waals surface area contributed by atoms with Gasteiger partial charge in [0.25, 0.3) is 5.24 Å². The topological polar surface area (TPSA) is 20.3 Å². The van der Waals surface area contributed by atoms with Gasteiger partial charge in [0.2, 0.25) is 0 Å². The maximum atomic E-state index is 10.8. The van der Waals surface area contributed by atoms with Crippen LogP contribution in [0.25, 0.3) is 0 Å². The number of amides is 1. The van der Waals surface area contributed by atoms with E-state index in [1.165, 1.54) is 5.56 Å². The number of benzene rings is 1. The number of rotatable bonds is 2. The molecule has 70 valence electrons. The molecule has 0 aliphatic carbocycles. The number of nitrogens with zero attached hydrogens (tertiary/aromatic N) is 1. The molecular weight excluding hydrogens is 182 g/mol. The number of carbonyl (C=O) groups is 1. The highest BCUT2D eigenvalue weighted by atomic mass is 32.1. The van der Waals surface area contributed by atoms with Crippen LogP contribution in [-0.4, -0.2) is 17.2 Å². The Morgan fingerprint density at radius 3 is 2.62 bits per heavy atom. The minimum Gasteiger partial charge on any atom is -0.333 e. The average Bonchev–Trinajstić information content (AvgIpc) is 2.08. The molecule has 0 heterocycles. The van der Waals surface area contributed by atoms with Gasteiger partial charge in [-0.05, 0) is 18.1 Å². The van der Waals surface area contributed by atoms with Crippen molar-refractivity contribution in [1.29, 1.82) is 0 Å². The monoisotopic (exact) mass is 195 g/mol. The van der Waals surface area contributed by atoms with Gasteiger partial charge in [-0.25, -0.2) is 0 Å². The molecule has 0 atom stereocenters. The molecule has 13 heavy (non-hydrogen) atoms. The quantitative estimate of drug-likeness (QED) is 0.719. The van der Waals surface area contributed by atoms with Crippen LogP contribution in [-0.2, 0) is 6.54 Å². The van der Waals surface area contributed by atoms with Gasteiger partial charge in [-0.3, -0.25) is 4.79 Å². The number of thiol groups is 1. The van der Waals surface area contributed by atoms with Crippen LogP contribution < -0.4 is 0 Å². The standard InChI is InChI=1S/C10H13NOS/c1-8-5-3-4-6-9(8)7-11(2)10(12)13/h3-6H,7H2,1-2H3,(H,12,13). The fourth-order valence-electron chi connectivity index (χ4n) is 1.11. The van der Waals surface area contributed by atoms with Gasteiger partial charge in [-0.15, -0.1) is 0 Å². The molecule has 0 spiro atoms. The minimum absolute atomic E-state index is 0.205. The van der Waals surface area contributed by atoms with Crippen LogP contribution in [0.3, 0.4) is 0 Å². The Morgan fingerprint density at radius 1 is 1.46 bits per heavy atom. The van der Waals surface area contributed by atoms with E-state index in [9.17, 15) is 4.79 Å². The lowest BCUT2D eigenvalue weighted by Gasteiger charge is -2.15. The van der Waals surface area contributed by atoms with Gasteiger partial charge in [0.1, 0.15) is 0 Å². The lowest BCUT2D eigenvalue weighted by Crippen LogP contribution is -2.20. The van der Waals surface area contributed by atoms with E-state index in [1.807, 2.05) is 31.2 Å². The van der Waals surface area contributed by atoms with Gasteiger partial charge in [-0.1, -0.05) is 36.9 Å². The van der Waals surface area contributed by atoms with E-state index in [1.54, 1.807) is 11.9 Å². The molecule has 1 aromatic carbocycles. The molecule has 0 aromatic heterocycles. The summed E-state index contributed by atoms with van der Waals surface area (Å²) < 4.78 is 0. The van der Waals surface area contributed by atoms with Crippen LogP contribution >= 0.6 is 12.6 Å². The molecule has 1 amide bonds. The molecule has 0 N–H and O–H groups in total. The highest BCUT2D eigenvalue weighted by molar-refractivity contribution is 7.96. The van der Waals surface area contributed by atoms with Crippen LogP contribution in [0.1, 0.15) is 11.1 Å². The van der Waals surface area contributed by atoms with Crippen molar-refractivity contribution in [2.75, 3.05) is 7.05 Å². The largest absolute Gasteiger partial charge is 0.333 e.